The van der Waals surface area contributed by atoms with Gasteiger partial charge in [0.2, 0.25) is 0 Å². The second-order valence-corrected chi connectivity index (χ2v) is 3.05. The molecule has 2 aromatic rings. The number of aromatic nitrogens is 4. The first-order valence-corrected chi connectivity index (χ1v) is 4.61. The number of nitrogens with one attached hydrogen (secondary N) is 2. The first-order valence-electron chi connectivity index (χ1n) is 4.61. The molecule has 1 amide bonds. The lowest BCUT2D eigenvalue weighted by atomic mass is 10.3. The molecular formula is C8H9N7O2. The second kappa shape index (κ2) is 4.53. The van der Waals surface area contributed by atoms with Crippen LogP contribution >= 0.6 is 0 Å². The minimum atomic E-state index is -0.496. The summed E-state index contributed by atoms with van der Waals surface area (Å²) in [7, 11) is 0. The van der Waals surface area contributed by atoms with E-state index in [9.17, 15) is 4.79 Å². The molecule has 0 saturated heterocycles. The van der Waals surface area contributed by atoms with Gasteiger partial charge in [0.15, 0.2) is 17.3 Å². The van der Waals surface area contributed by atoms with Gasteiger partial charge in [0, 0.05) is 0 Å². The minimum Gasteiger partial charge on any atom is -0.315 e. The molecule has 0 atom stereocenters. The van der Waals surface area contributed by atoms with Gasteiger partial charge in [-0.1, -0.05) is 5.16 Å². The number of anilines is 2. The Morgan fingerprint density at radius 3 is 2.76 bits per heavy atom. The number of hydrazine groups is 1. The number of rotatable bonds is 3. The van der Waals surface area contributed by atoms with Crippen molar-refractivity contribution in [2.24, 2.45) is 5.84 Å². The number of carbonyl (C=O) groups excluding carboxylic acids is 1. The van der Waals surface area contributed by atoms with Crippen LogP contribution in [0.5, 0.6) is 0 Å². The van der Waals surface area contributed by atoms with E-state index < -0.39 is 5.91 Å². The molecule has 17 heavy (non-hydrogen) atoms. The van der Waals surface area contributed by atoms with E-state index in [2.05, 4.69) is 31.1 Å². The molecule has 9 nitrogen and oxygen atoms in total. The van der Waals surface area contributed by atoms with Crippen LogP contribution < -0.4 is 16.6 Å². The average molecular weight is 235 g/mol. The zero-order valence-corrected chi connectivity index (χ0v) is 8.84. The van der Waals surface area contributed by atoms with E-state index in [1.807, 2.05) is 0 Å². The molecule has 0 radical (unpaired) electrons. The predicted molar refractivity (Wildman–Crippen MR) is 56.8 cm³/mol. The Morgan fingerprint density at radius 1 is 1.41 bits per heavy atom. The van der Waals surface area contributed by atoms with Crippen LogP contribution in [0.15, 0.2) is 16.7 Å². The number of hydrogen-bond acceptors (Lipinski definition) is 8. The van der Waals surface area contributed by atoms with Crippen LogP contribution in [0.2, 0.25) is 0 Å². The summed E-state index contributed by atoms with van der Waals surface area (Å²) in [5, 5.41) is 13.2. The molecule has 0 aliphatic heterocycles. The van der Waals surface area contributed by atoms with E-state index in [4.69, 9.17) is 10.4 Å². The smallest absolute Gasteiger partial charge is 0.315 e. The van der Waals surface area contributed by atoms with Crippen molar-refractivity contribution in [2.45, 2.75) is 6.92 Å². The summed E-state index contributed by atoms with van der Waals surface area (Å²) in [4.78, 5) is 15.4. The molecule has 0 fully saturated rings. The molecule has 0 spiro atoms. The molecule has 2 heterocycles. The maximum Gasteiger partial charge on any atom is 0.328 e. The van der Waals surface area contributed by atoms with Crippen LogP contribution in [0.4, 0.5) is 11.8 Å². The lowest BCUT2D eigenvalue weighted by molar-refractivity contribution is 0.101. The highest BCUT2D eigenvalue weighted by atomic mass is 16.5. The number of hydrogen-bond donors (Lipinski definition) is 3. The van der Waals surface area contributed by atoms with Gasteiger partial charge in [-0.25, -0.2) is 5.84 Å². The number of amides is 1. The molecule has 4 N–H and O–H groups in total. The second-order valence-electron chi connectivity index (χ2n) is 3.05. The van der Waals surface area contributed by atoms with E-state index in [1.54, 1.807) is 6.92 Å². The summed E-state index contributed by atoms with van der Waals surface area (Å²) >= 11 is 0. The fourth-order valence-corrected chi connectivity index (χ4v) is 1.04. The summed E-state index contributed by atoms with van der Waals surface area (Å²) < 4.78 is 4.73. The van der Waals surface area contributed by atoms with Crippen LogP contribution in [0.1, 0.15) is 16.3 Å². The SMILES string of the molecule is Cc1noc(NC(=O)c2ccc(NN)nn2)n1. The van der Waals surface area contributed by atoms with E-state index >= 15 is 0 Å². The highest BCUT2D eigenvalue weighted by Gasteiger charge is 2.12. The van der Waals surface area contributed by atoms with Crippen molar-refractivity contribution in [3.8, 4) is 0 Å². The monoisotopic (exact) mass is 235 g/mol. The van der Waals surface area contributed by atoms with E-state index in [-0.39, 0.29) is 11.7 Å². The van der Waals surface area contributed by atoms with Crippen molar-refractivity contribution >= 4 is 17.7 Å². The third-order valence-electron chi connectivity index (χ3n) is 1.79. The van der Waals surface area contributed by atoms with Gasteiger partial charge in [-0.05, 0) is 19.1 Å². The fraction of sp³-hybridized carbons (Fsp3) is 0.125. The zero-order valence-electron chi connectivity index (χ0n) is 8.84. The average Bonchev–Trinajstić information content (AvgIpc) is 2.75. The van der Waals surface area contributed by atoms with E-state index in [0.29, 0.717) is 11.6 Å². The maximum atomic E-state index is 11.6. The molecule has 0 aromatic carbocycles. The first-order chi connectivity index (χ1) is 8.19. The third-order valence-corrected chi connectivity index (χ3v) is 1.79. The summed E-state index contributed by atoms with van der Waals surface area (Å²) in [5.74, 6) is 5.40. The van der Waals surface area contributed by atoms with Gasteiger partial charge in [-0.15, -0.1) is 10.2 Å². The highest BCUT2D eigenvalue weighted by molar-refractivity contribution is 6.01. The van der Waals surface area contributed by atoms with Crippen molar-refractivity contribution in [3.63, 3.8) is 0 Å². The largest absolute Gasteiger partial charge is 0.328 e. The van der Waals surface area contributed by atoms with Gasteiger partial charge < -0.3 is 9.95 Å². The van der Waals surface area contributed by atoms with Gasteiger partial charge in [-0.2, -0.15) is 4.98 Å². The maximum absolute atomic E-state index is 11.6. The van der Waals surface area contributed by atoms with Gasteiger partial charge in [-0.3, -0.25) is 10.1 Å². The zero-order chi connectivity index (χ0) is 12.3. The van der Waals surface area contributed by atoms with Crippen molar-refractivity contribution in [1.29, 1.82) is 0 Å². The lowest BCUT2D eigenvalue weighted by Crippen LogP contribution is -2.16. The Balaban J connectivity index is 2.09. The van der Waals surface area contributed by atoms with Crippen LogP contribution in [0.25, 0.3) is 0 Å². The number of nitrogens with two attached hydrogens (primary N) is 1. The van der Waals surface area contributed by atoms with Crippen molar-refractivity contribution in [1.82, 2.24) is 20.3 Å². The Labute approximate surface area is 95.4 Å². The Hall–Kier alpha value is -2.55. The van der Waals surface area contributed by atoms with Crippen molar-refractivity contribution in [3.05, 3.63) is 23.7 Å². The molecule has 0 saturated carbocycles. The van der Waals surface area contributed by atoms with Gasteiger partial charge in [0.25, 0.3) is 5.91 Å². The van der Waals surface area contributed by atoms with E-state index in [1.165, 1.54) is 12.1 Å². The topological polar surface area (TPSA) is 132 Å². The normalized spacial score (nSPS) is 10.0. The molecule has 0 aliphatic rings. The summed E-state index contributed by atoms with van der Waals surface area (Å²) in [6.45, 7) is 1.64. The van der Waals surface area contributed by atoms with Gasteiger partial charge in [0.1, 0.15) is 0 Å². The summed E-state index contributed by atoms with van der Waals surface area (Å²) in [6.07, 6.45) is 0. The number of carbonyl (C=O) groups is 1. The van der Waals surface area contributed by atoms with Gasteiger partial charge in [0.05, 0.1) is 0 Å². The minimum absolute atomic E-state index is 0.00956. The predicted octanol–water partition coefficient (Wildman–Crippen LogP) is -0.294. The summed E-state index contributed by atoms with van der Waals surface area (Å²) in [5.41, 5.74) is 2.41. The molecule has 2 aromatic heterocycles. The number of nitrogen functional groups attached to an aromatic ring is 1. The molecule has 0 unspecified atom stereocenters. The Kier molecular flexibility index (Phi) is 2.92. The quantitative estimate of drug-likeness (QED) is 0.488. The third kappa shape index (κ3) is 2.52. The fourth-order valence-electron chi connectivity index (χ4n) is 1.04. The molecule has 88 valence electrons. The van der Waals surface area contributed by atoms with Gasteiger partial charge >= 0.3 is 6.01 Å². The molecular weight excluding hydrogens is 226 g/mol. The van der Waals surface area contributed by atoms with E-state index in [0.717, 1.165) is 0 Å². The van der Waals surface area contributed by atoms with Crippen molar-refractivity contribution < 1.29 is 9.32 Å². The van der Waals surface area contributed by atoms with Crippen LogP contribution in [-0.4, -0.2) is 26.2 Å². The number of aryl methyl sites for hydroxylation is 1. The molecule has 2 rings (SSSR count). The van der Waals surface area contributed by atoms with Crippen molar-refractivity contribution in [2.75, 3.05) is 10.7 Å². The molecule has 0 bridgehead atoms. The molecule has 0 aliphatic carbocycles. The first kappa shape index (κ1) is 11.0. The molecule has 9 heteroatoms. The van der Waals surface area contributed by atoms with Crippen LogP contribution in [0, 0.1) is 6.92 Å². The summed E-state index contributed by atoms with van der Waals surface area (Å²) in [6, 6.07) is 2.98. The standard InChI is InChI=1S/C8H9N7O2/c1-4-10-8(17-15-4)11-7(16)5-2-3-6(12-9)14-13-5/h2-3H,9H2,1H3,(H,12,14)(H,10,11,15,16). The number of nitrogens with zero attached hydrogens (tertiary/aromatic N) is 4. The van der Waals surface area contributed by atoms with Crippen LogP contribution in [-0.2, 0) is 0 Å². The highest BCUT2D eigenvalue weighted by Crippen LogP contribution is 2.05. The van der Waals surface area contributed by atoms with Crippen LogP contribution in [0.3, 0.4) is 0 Å². The lowest BCUT2D eigenvalue weighted by Gasteiger charge is -2.00. The Morgan fingerprint density at radius 2 is 2.24 bits per heavy atom. The Bertz CT molecular complexity index is 521.